The van der Waals surface area contributed by atoms with E-state index >= 15 is 0 Å². The van der Waals surface area contributed by atoms with Gasteiger partial charge in [0.05, 0.1) is 26.5 Å². The van der Waals surface area contributed by atoms with Crippen molar-refractivity contribution in [1.82, 2.24) is 0 Å². The molecule has 4 aromatic carbocycles. The normalized spacial score (nSPS) is 12.5. The van der Waals surface area contributed by atoms with Gasteiger partial charge in [-0.15, -0.1) is 11.4 Å². The van der Waals surface area contributed by atoms with Crippen LogP contribution in [0.2, 0.25) is 0 Å². The molecule has 12 heteroatoms. The SMILES string of the molecule is CC(C)P(=Nc1ccccc1)([PH+]=P([N-]c1ccccc1)(C(C)C)C(C)C)C(C)C.CC(C)P(=Nc1ccccc1)([PH+]=P([N-]c1ccccc1)(C(C)C)C(C)C)C(C)C.[Cu+].[Cu+]. The molecule has 4 aromatic rings. The van der Waals surface area contributed by atoms with E-state index in [1.807, 2.05) is 0 Å². The predicted molar refractivity (Wildman–Crippen MR) is 281 cm³/mol. The smallest absolute Gasteiger partial charge is 0.626 e. The third-order valence-electron chi connectivity index (χ3n) is 11.1. The molecule has 0 heterocycles. The van der Waals surface area contributed by atoms with E-state index in [4.69, 9.17) is 19.7 Å². The van der Waals surface area contributed by atoms with Crippen molar-refractivity contribution in [3.05, 3.63) is 132 Å². The van der Waals surface area contributed by atoms with E-state index < -0.39 is 26.9 Å². The molecule has 0 saturated heterocycles. The fourth-order valence-electron chi connectivity index (χ4n) is 7.58. The number of hydrogen-bond donors (Lipinski definition) is 0. The minimum atomic E-state index is -1.62. The van der Waals surface area contributed by atoms with Crippen LogP contribution in [0.1, 0.15) is 111 Å². The third-order valence-corrected chi connectivity index (χ3v) is 56.2. The van der Waals surface area contributed by atoms with Gasteiger partial charge >= 0.3 is 34.1 Å². The molecule has 0 aliphatic heterocycles. The van der Waals surface area contributed by atoms with E-state index in [2.05, 4.69) is 232 Å². The zero-order chi connectivity index (χ0) is 43.3. The van der Waals surface area contributed by atoms with E-state index in [-0.39, 0.29) is 34.1 Å². The van der Waals surface area contributed by atoms with Gasteiger partial charge in [-0.25, -0.2) is 9.49 Å². The molecule has 0 aliphatic rings. The molecule has 0 aliphatic carbocycles. The molecule has 0 bridgehead atoms. The van der Waals surface area contributed by atoms with E-state index in [1.54, 1.807) is 0 Å². The fourth-order valence-corrected chi connectivity index (χ4v) is 57.3. The Kier molecular flexibility index (Phi) is 25.3. The summed E-state index contributed by atoms with van der Waals surface area (Å²) in [5.41, 5.74) is 9.03. The van der Waals surface area contributed by atoms with Crippen LogP contribution in [0.4, 0.5) is 22.7 Å². The zero-order valence-corrected chi connectivity index (χ0v) is 46.8. The van der Waals surface area contributed by atoms with Crippen molar-refractivity contribution in [3.8, 4) is 0 Å². The monoisotopic (exact) mass is 1020 g/mol. The van der Waals surface area contributed by atoms with Crippen molar-refractivity contribution in [3.63, 3.8) is 0 Å². The maximum atomic E-state index is 5.57. The average molecular weight is 1020 g/mol. The van der Waals surface area contributed by atoms with E-state index in [1.165, 1.54) is 0 Å². The maximum Gasteiger partial charge on any atom is 1.00 e. The molecule has 2 atom stereocenters. The second-order valence-electron chi connectivity index (χ2n) is 17.6. The van der Waals surface area contributed by atoms with E-state index in [9.17, 15) is 0 Å². The van der Waals surface area contributed by atoms with Crippen LogP contribution in [0, 0.1) is 0 Å². The van der Waals surface area contributed by atoms with Crippen LogP contribution in [-0.4, -0.2) is 45.3 Å². The van der Waals surface area contributed by atoms with Crippen LogP contribution < -0.4 is 0 Å². The Labute approximate surface area is 393 Å². The Hall–Kier alpha value is -0.561. The first-order valence-corrected chi connectivity index (χ1v) is 34.4. The van der Waals surface area contributed by atoms with Gasteiger partial charge in [-0.3, -0.25) is 0 Å². The second-order valence-corrected chi connectivity index (χ2v) is 46.4. The molecular formula is C48H78Cu2N4P6+2. The van der Waals surface area contributed by atoms with Gasteiger partial charge in [0.1, 0.15) is 0 Å². The first kappa shape index (κ1) is 57.5. The Morgan fingerprint density at radius 2 is 0.550 bits per heavy atom. The van der Waals surface area contributed by atoms with Crippen molar-refractivity contribution in [2.45, 2.75) is 156 Å². The summed E-state index contributed by atoms with van der Waals surface area (Å²) in [6, 6.07) is 42.6. The summed E-state index contributed by atoms with van der Waals surface area (Å²) in [7, 11) is 1.63. The molecular weight excluding hydrogens is 945 g/mol. The molecule has 4 nitrogen and oxygen atoms in total. The standard InChI is InChI=1S/2C24H38N2P3.2Cu/c2*1-19(2)28(20(3)4,25-23-15-11-9-12-16-23)27-29(21(5)6,22(7)8)26-24-17-13-10-14-18-24;;/h2*9-22H,1-8H3;;/q2*-1;2*+1/p+2. The van der Waals surface area contributed by atoms with E-state index in [0.29, 0.717) is 45.3 Å². The summed E-state index contributed by atoms with van der Waals surface area (Å²) in [5.74, 6) is 0. The van der Waals surface area contributed by atoms with Crippen molar-refractivity contribution in [2.24, 2.45) is 9.49 Å². The topological polar surface area (TPSA) is 52.9 Å². The van der Waals surface area contributed by atoms with Crippen LogP contribution in [0.15, 0.2) is 131 Å². The van der Waals surface area contributed by atoms with Gasteiger partial charge in [-0.1, -0.05) is 208 Å². The van der Waals surface area contributed by atoms with Gasteiger partial charge in [-0.2, -0.15) is 0 Å². The number of benzene rings is 4. The van der Waals surface area contributed by atoms with Crippen molar-refractivity contribution in [1.29, 1.82) is 0 Å². The summed E-state index contributed by atoms with van der Waals surface area (Å²) < 4.78 is 11.1. The van der Waals surface area contributed by atoms with E-state index in [0.717, 1.165) is 37.9 Å². The molecule has 2 unspecified atom stereocenters. The van der Waals surface area contributed by atoms with Gasteiger partial charge in [0.2, 0.25) is 0 Å². The molecule has 4 rings (SSSR count). The molecule has 60 heavy (non-hydrogen) atoms. The first-order chi connectivity index (χ1) is 27.3. The molecule has 0 aromatic heterocycles. The molecule has 0 fully saturated rings. The van der Waals surface area contributed by atoms with Crippen LogP contribution in [-0.2, 0) is 34.1 Å². The summed E-state index contributed by atoms with van der Waals surface area (Å²) in [6.45, 7) is 31.8. The van der Waals surface area contributed by atoms with Gasteiger partial charge < -0.3 is 10.2 Å². The number of hydrogen-bond acceptors (Lipinski definition) is 2. The van der Waals surface area contributed by atoms with Crippen molar-refractivity contribution >= 4 is 64.7 Å². The van der Waals surface area contributed by atoms with Crippen molar-refractivity contribution < 1.29 is 34.1 Å². The number of nitrogens with zero attached hydrogens (tertiary/aromatic N) is 4. The molecule has 340 valence electrons. The molecule has 0 spiro atoms. The zero-order valence-electron chi connectivity index (χ0n) is 39.3. The summed E-state index contributed by atoms with van der Waals surface area (Å²) in [6.07, 6.45) is 0. The minimum Gasteiger partial charge on any atom is -0.626 e. The largest absolute Gasteiger partial charge is 1.00 e. The third kappa shape index (κ3) is 14.7. The van der Waals surface area contributed by atoms with Gasteiger partial charge in [0.25, 0.3) is 0 Å². The average Bonchev–Trinajstić information content (AvgIpc) is 3.17. The summed E-state index contributed by atoms with van der Waals surface area (Å²) in [4.78, 5) is 0. The fraction of sp³-hybridized carbons (Fsp3) is 0.500. The Balaban J connectivity index is 0.000000581. The summed E-state index contributed by atoms with van der Waals surface area (Å²) >= 11 is 0. The molecule has 0 saturated carbocycles. The maximum absolute atomic E-state index is 5.57. The predicted octanol–water partition coefficient (Wildman–Crippen LogP) is 20.6. The molecule has 0 amide bonds. The minimum absolute atomic E-state index is 0. The van der Waals surface area contributed by atoms with Gasteiger partial charge in [0, 0.05) is 22.6 Å². The van der Waals surface area contributed by atoms with Crippen molar-refractivity contribution in [2.75, 3.05) is 0 Å². The molecule has 0 radical (unpaired) electrons. The Bertz CT molecular complexity index is 1850. The first-order valence-electron chi connectivity index (χ1n) is 21.5. The van der Waals surface area contributed by atoms with Crippen LogP contribution in [0.25, 0.3) is 10.2 Å². The second kappa shape index (κ2) is 26.4. The quantitative estimate of drug-likeness (QED) is 0.0793. The molecule has 0 N–H and O–H groups in total. The van der Waals surface area contributed by atoms with Crippen LogP contribution >= 0.6 is 42.0 Å². The Morgan fingerprint density at radius 1 is 0.333 bits per heavy atom. The number of rotatable bonds is 16. The summed E-state index contributed by atoms with van der Waals surface area (Å²) in [5, 5.41) is 11.1. The van der Waals surface area contributed by atoms with Crippen LogP contribution in [0.3, 0.4) is 0 Å². The Morgan fingerprint density at radius 3 is 0.750 bits per heavy atom. The van der Waals surface area contributed by atoms with Gasteiger partial charge in [-0.05, 0) is 60.3 Å². The van der Waals surface area contributed by atoms with Crippen LogP contribution in [0.5, 0.6) is 0 Å². The van der Waals surface area contributed by atoms with Gasteiger partial charge in [0.15, 0.2) is 13.5 Å².